The van der Waals surface area contributed by atoms with E-state index in [1.807, 2.05) is 6.92 Å². The van der Waals surface area contributed by atoms with E-state index < -0.39 is 9.84 Å². The molecular weight excluding hydrogens is 274 g/mol. The molecule has 5 heteroatoms. The molecule has 1 aliphatic heterocycles. The number of hydrogen-bond acceptors (Lipinski definition) is 4. The molecule has 0 aromatic rings. The number of rotatable bonds is 5. The first-order valence-electron chi connectivity index (χ1n) is 7.90. The van der Waals surface area contributed by atoms with E-state index in [2.05, 4.69) is 19.2 Å². The predicted molar refractivity (Wildman–Crippen MR) is 81.6 cm³/mol. The fourth-order valence-corrected chi connectivity index (χ4v) is 6.02. The molecule has 0 aromatic heterocycles. The van der Waals surface area contributed by atoms with Gasteiger partial charge in [-0.25, -0.2) is 8.42 Å². The zero-order valence-electron chi connectivity index (χ0n) is 13.0. The van der Waals surface area contributed by atoms with Gasteiger partial charge in [-0.2, -0.15) is 0 Å². The normalized spacial score (nSPS) is 34.2. The van der Waals surface area contributed by atoms with Crippen molar-refractivity contribution in [3.05, 3.63) is 0 Å². The van der Waals surface area contributed by atoms with Gasteiger partial charge in [0, 0.05) is 12.6 Å². The van der Waals surface area contributed by atoms with Gasteiger partial charge < -0.3 is 10.1 Å². The van der Waals surface area contributed by atoms with Crippen molar-refractivity contribution >= 4 is 9.84 Å². The molecule has 2 fully saturated rings. The minimum atomic E-state index is -3.10. The van der Waals surface area contributed by atoms with Crippen LogP contribution in [-0.2, 0) is 14.6 Å². The van der Waals surface area contributed by atoms with Crippen molar-refractivity contribution in [2.75, 3.05) is 18.9 Å². The highest BCUT2D eigenvalue weighted by atomic mass is 32.2. The van der Waals surface area contributed by atoms with E-state index in [0.717, 1.165) is 38.6 Å². The van der Waals surface area contributed by atoms with Crippen LogP contribution in [0.5, 0.6) is 0 Å². The molecule has 4 nitrogen and oxygen atoms in total. The Kier molecular flexibility index (Phi) is 5.14. The van der Waals surface area contributed by atoms with Gasteiger partial charge in [-0.3, -0.25) is 0 Å². The van der Waals surface area contributed by atoms with Gasteiger partial charge >= 0.3 is 0 Å². The van der Waals surface area contributed by atoms with Crippen molar-refractivity contribution in [2.45, 2.75) is 70.3 Å². The number of hydrogen-bond donors (Lipinski definition) is 1. The van der Waals surface area contributed by atoms with Crippen molar-refractivity contribution in [1.29, 1.82) is 0 Å². The minimum absolute atomic E-state index is 0.0766. The summed E-state index contributed by atoms with van der Waals surface area (Å²) < 4.78 is 31.1. The molecule has 3 atom stereocenters. The van der Waals surface area contributed by atoms with Crippen LogP contribution in [0.15, 0.2) is 0 Å². The predicted octanol–water partition coefficient (Wildman–Crippen LogP) is 2.14. The summed E-state index contributed by atoms with van der Waals surface area (Å²) in [6, 6.07) is 0.111. The van der Waals surface area contributed by atoms with Crippen LogP contribution in [0.3, 0.4) is 0 Å². The molecule has 1 heterocycles. The fourth-order valence-electron chi connectivity index (χ4n) is 3.55. The Morgan fingerprint density at radius 1 is 1.30 bits per heavy atom. The summed E-state index contributed by atoms with van der Waals surface area (Å²) in [7, 11) is -3.10. The Balaban J connectivity index is 2.11. The van der Waals surface area contributed by atoms with Crippen molar-refractivity contribution < 1.29 is 13.2 Å². The van der Waals surface area contributed by atoms with Gasteiger partial charge in [-0.1, -0.05) is 20.8 Å². The Morgan fingerprint density at radius 2 is 2.05 bits per heavy atom. The molecule has 3 unspecified atom stereocenters. The van der Waals surface area contributed by atoms with Crippen molar-refractivity contribution in [1.82, 2.24) is 5.32 Å². The van der Waals surface area contributed by atoms with Gasteiger partial charge in [-0.05, 0) is 44.1 Å². The first-order chi connectivity index (χ1) is 9.34. The fraction of sp³-hybridized carbons (Fsp3) is 1.00. The van der Waals surface area contributed by atoms with Gasteiger partial charge in [0.1, 0.15) is 0 Å². The molecule has 20 heavy (non-hydrogen) atoms. The second-order valence-electron chi connectivity index (χ2n) is 7.07. The van der Waals surface area contributed by atoms with E-state index in [9.17, 15) is 8.42 Å². The summed E-state index contributed by atoms with van der Waals surface area (Å²) in [5.41, 5.74) is 0.125. The van der Waals surface area contributed by atoms with Gasteiger partial charge in [0.2, 0.25) is 0 Å². The van der Waals surface area contributed by atoms with E-state index in [1.54, 1.807) is 0 Å². The average Bonchev–Trinajstić information content (AvgIpc) is 2.83. The van der Waals surface area contributed by atoms with Crippen LogP contribution in [0.2, 0.25) is 0 Å². The largest absolute Gasteiger partial charge is 0.377 e. The van der Waals surface area contributed by atoms with E-state index in [-0.39, 0.29) is 28.6 Å². The summed E-state index contributed by atoms with van der Waals surface area (Å²) in [5, 5.41) is 3.13. The van der Waals surface area contributed by atoms with Crippen LogP contribution >= 0.6 is 0 Å². The van der Waals surface area contributed by atoms with E-state index >= 15 is 0 Å². The zero-order chi connectivity index (χ0) is 14.8. The van der Waals surface area contributed by atoms with Gasteiger partial charge in [0.15, 0.2) is 9.84 Å². The molecule has 1 aliphatic carbocycles. The third-order valence-electron chi connectivity index (χ3n) is 4.70. The van der Waals surface area contributed by atoms with Crippen molar-refractivity contribution in [3.63, 3.8) is 0 Å². The van der Waals surface area contributed by atoms with E-state index in [4.69, 9.17) is 4.74 Å². The third kappa shape index (κ3) is 3.95. The summed E-state index contributed by atoms with van der Waals surface area (Å²) in [4.78, 5) is 0. The zero-order valence-corrected chi connectivity index (χ0v) is 13.8. The molecule has 0 bridgehead atoms. The first-order valence-corrected chi connectivity index (χ1v) is 9.62. The summed E-state index contributed by atoms with van der Waals surface area (Å²) in [6.45, 7) is 7.96. The highest BCUT2D eigenvalue weighted by Gasteiger charge is 2.42. The Hall–Kier alpha value is -0.130. The highest BCUT2D eigenvalue weighted by Crippen LogP contribution is 2.38. The molecule has 1 saturated heterocycles. The molecule has 2 aliphatic rings. The van der Waals surface area contributed by atoms with Gasteiger partial charge in [0.05, 0.1) is 17.1 Å². The smallest absolute Gasteiger partial charge is 0.157 e. The summed E-state index contributed by atoms with van der Waals surface area (Å²) in [5.74, 6) is 0.204. The van der Waals surface area contributed by atoms with Gasteiger partial charge in [-0.15, -0.1) is 0 Å². The van der Waals surface area contributed by atoms with Crippen LogP contribution in [-0.4, -0.2) is 44.7 Å². The van der Waals surface area contributed by atoms with Crippen molar-refractivity contribution in [2.24, 2.45) is 5.41 Å². The second kappa shape index (κ2) is 6.32. The lowest BCUT2D eigenvalue weighted by molar-refractivity contribution is 0.126. The maximum absolute atomic E-state index is 12.8. The maximum Gasteiger partial charge on any atom is 0.157 e. The number of nitrogens with one attached hydrogen (secondary N) is 1. The molecule has 0 aromatic carbocycles. The first kappa shape index (κ1) is 16.2. The monoisotopic (exact) mass is 303 g/mol. The Bertz CT molecular complexity index is 413. The quantitative estimate of drug-likeness (QED) is 0.845. The standard InChI is InChI=1S/C15H29NO3S/c1-4-16-13-7-8-15(2,3)10-14(13)20(17,18)11-12-6-5-9-19-12/h12-14,16H,4-11H2,1-3H3. The molecule has 118 valence electrons. The van der Waals surface area contributed by atoms with Crippen LogP contribution in [0.4, 0.5) is 0 Å². The molecule has 0 spiro atoms. The summed E-state index contributed by atoms with van der Waals surface area (Å²) >= 11 is 0. The molecule has 1 N–H and O–H groups in total. The molecule has 1 saturated carbocycles. The summed E-state index contributed by atoms with van der Waals surface area (Å²) in [6.07, 6.45) is 4.62. The lowest BCUT2D eigenvalue weighted by Crippen LogP contribution is -2.51. The van der Waals surface area contributed by atoms with Crippen LogP contribution < -0.4 is 5.32 Å². The number of ether oxygens (including phenoxy) is 1. The molecule has 0 radical (unpaired) electrons. The van der Waals surface area contributed by atoms with Crippen LogP contribution in [0, 0.1) is 5.41 Å². The second-order valence-corrected chi connectivity index (χ2v) is 9.34. The van der Waals surface area contributed by atoms with Crippen molar-refractivity contribution in [3.8, 4) is 0 Å². The Morgan fingerprint density at radius 3 is 2.65 bits per heavy atom. The third-order valence-corrected chi connectivity index (χ3v) is 6.96. The maximum atomic E-state index is 12.8. The topological polar surface area (TPSA) is 55.4 Å². The van der Waals surface area contributed by atoms with Gasteiger partial charge in [0.25, 0.3) is 0 Å². The molecule has 2 rings (SSSR count). The molecule has 0 amide bonds. The number of sulfone groups is 1. The average molecular weight is 303 g/mol. The lowest BCUT2D eigenvalue weighted by Gasteiger charge is -2.41. The van der Waals surface area contributed by atoms with E-state index in [1.165, 1.54) is 0 Å². The SMILES string of the molecule is CCNC1CCC(C)(C)CC1S(=O)(=O)CC1CCCO1. The Labute approximate surface area is 123 Å². The lowest BCUT2D eigenvalue weighted by atomic mass is 9.75. The van der Waals surface area contributed by atoms with Crippen LogP contribution in [0.1, 0.15) is 52.9 Å². The minimum Gasteiger partial charge on any atom is -0.377 e. The highest BCUT2D eigenvalue weighted by molar-refractivity contribution is 7.92. The van der Waals surface area contributed by atoms with Crippen LogP contribution in [0.25, 0.3) is 0 Å². The molecular formula is C15H29NO3S. The van der Waals surface area contributed by atoms with E-state index in [0.29, 0.717) is 6.61 Å².